The number of hydrogen-bond donors (Lipinski definition) is 2. The third-order valence-corrected chi connectivity index (χ3v) is 2.24. The maximum Gasteiger partial charge on any atom is 0.314 e. The second-order valence-corrected chi connectivity index (χ2v) is 3.43. The van der Waals surface area contributed by atoms with Crippen LogP contribution in [-0.2, 0) is 4.79 Å². The number of ether oxygens (including phenoxy) is 1. The Kier molecular flexibility index (Phi) is 3.55. The van der Waals surface area contributed by atoms with Gasteiger partial charge >= 0.3 is 5.97 Å². The summed E-state index contributed by atoms with van der Waals surface area (Å²) in [5.41, 5.74) is 5.83. The van der Waals surface area contributed by atoms with Gasteiger partial charge in [0, 0.05) is 0 Å². The van der Waals surface area contributed by atoms with E-state index in [1.54, 1.807) is 19.1 Å². The Labute approximate surface area is 88.7 Å². The molecule has 0 radical (unpaired) electrons. The molecule has 0 spiro atoms. The first-order valence-corrected chi connectivity index (χ1v) is 4.85. The van der Waals surface area contributed by atoms with Gasteiger partial charge < -0.3 is 15.6 Å². The number of para-hydroxylation sites is 1. The van der Waals surface area contributed by atoms with Crippen LogP contribution in [0.1, 0.15) is 20.3 Å². The zero-order chi connectivity index (χ0) is 11.4. The topological polar surface area (TPSA) is 72.5 Å². The number of hydrogen-bond acceptors (Lipinski definition) is 4. The van der Waals surface area contributed by atoms with Crippen molar-refractivity contribution in [1.29, 1.82) is 0 Å². The molecule has 0 unspecified atom stereocenters. The lowest BCUT2D eigenvalue weighted by molar-refractivity contribution is -0.138. The lowest BCUT2D eigenvalue weighted by atomic mass is 10.1. The maximum atomic E-state index is 11.5. The molecular weight excluding hydrogens is 194 g/mol. The molecule has 4 heteroatoms. The van der Waals surface area contributed by atoms with E-state index in [-0.39, 0.29) is 29.1 Å². The number of benzene rings is 1. The minimum atomic E-state index is -0.384. The molecule has 0 aliphatic heterocycles. The minimum absolute atomic E-state index is 0.0443. The van der Waals surface area contributed by atoms with Crippen LogP contribution in [0.2, 0.25) is 0 Å². The van der Waals surface area contributed by atoms with Crippen LogP contribution in [0.4, 0.5) is 5.69 Å². The van der Waals surface area contributed by atoms with Gasteiger partial charge in [-0.1, -0.05) is 19.9 Å². The highest BCUT2D eigenvalue weighted by Crippen LogP contribution is 2.32. The fraction of sp³-hybridized carbons (Fsp3) is 0.364. The summed E-state index contributed by atoms with van der Waals surface area (Å²) in [7, 11) is 0. The highest BCUT2D eigenvalue weighted by atomic mass is 16.5. The molecule has 3 N–H and O–H groups in total. The fourth-order valence-electron chi connectivity index (χ4n) is 1.02. The van der Waals surface area contributed by atoms with Crippen LogP contribution in [0, 0.1) is 5.92 Å². The first-order valence-electron chi connectivity index (χ1n) is 4.85. The highest BCUT2D eigenvalue weighted by molar-refractivity contribution is 5.77. The van der Waals surface area contributed by atoms with Crippen LogP contribution in [-0.4, -0.2) is 11.1 Å². The Morgan fingerprint density at radius 1 is 1.60 bits per heavy atom. The van der Waals surface area contributed by atoms with Crippen LogP contribution >= 0.6 is 0 Å². The second kappa shape index (κ2) is 4.68. The van der Waals surface area contributed by atoms with Crippen molar-refractivity contribution in [3.05, 3.63) is 18.2 Å². The Morgan fingerprint density at radius 3 is 2.80 bits per heavy atom. The van der Waals surface area contributed by atoms with Crippen molar-refractivity contribution in [2.24, 2.45) is 5.92 Å². The van der Waals surface area contributed by atoms with Gasteiger partial charge in [-0.15, -0.1) is 0 Å². The first-order chi connectivity index (χ1) is 7.06. The molecule has 4 nitrogen and oxygen atoms in total. The van der Waals surface area contributed by atoms with E-state index < -0.39 is 0 Å². The van der Waals surface area contributed by atoms with Crippen molar-refractivity contribution in [3.63, 3.8) is 0 Å². The Bertz CT molecular complexity index is 343. The normalized spacial score (nSPS) is 12.1. The molecular formula is C11H15NO3. The molecule has 0 aliphatic rings. The average molecular weight is 209 g/mol. The lowest BCUT2D eigenvalue weighted by Gasteiger charge is -2.11. The maximum absolute atomic E-state index is 11.5. The SMILES string of the molecule is CC[C@H](C)C(=O)Oc1c(N)cccc1O. The van der Waals surface area contributed by atoms with Crippen LogP contribution in [0.3, 0.4) is 0 Å². The lowest BCUT2D eigenvalue weighted by Crippen LogP contribution is -2.17. The highest BCUT2D eigenvalue weighted by Gasteiger charge is 2.16. The van der Waals surface area contributed by atoms with Crippen molar-refractivity contribution >= 4 is 11.7 Å². The van der Waals surface area contributed by atoms with Gasteiger partial charge in [-0.3, -0.25) is 4.79 Å². The molecule has 0 saturated carbocycles. The molecule has 0 heterocycles. The van der Waals surface area contributed by atoms with E-state index in [4.69, 9.17) is 10.5 Å². The number of rotatable bonds is 3. The van der Waals surface area contributed by atoms with Gasteiger partial charge in [0.05, 0.1) is 11.6 Å². The zero-order valence-electron chi connectivity index (χ0n) is 8.86. The summed E-state index contributed by atoms with van der Waals surface area (Å²) < 4.78 is 5.01. The summed E-state index contributed by atoms with van der Waals surface area (Å²) in [6, 6.07) is 4.58. The number of phenols is 1. The van der Waals surface area contributed by atoms with Gasteiger partial charge in [0.15, 0.2) is 11.5 Å². The number of nitrogens with two attached hydrogens (primary N) is 1. The molecule has 0 bridgehead atoms. The molecule has 0 amide bonds. The van der Waals surface area contributed by atoms with E-state index in [2.05, 4.69) is 0 Å². The van der Waals surface area contributed by atoms with Crippen LogP contribution in [0.5, 0.6) is 11.5 Å². The smallest absolute Gasteiger partial charge is 0.314 e. The van der Waals surface area contributed by atoms with E-state index in [9.17, 15) is 9.90 Å². The Hall–Kier alpha value is -1.71. The van der Waals surface area contributed by atoms with Crippen LogP contribution < -0.4 is 10.5 Å². The number of carbonyl (C=O) groups excluding carboxylic acids is 1. The van der Waals surface area contributed by atoms with Crippen LogP contribution in [0.25, 0.3) is 0 Å². The Balaban J connectivity index is 2.85. The average Bonchev–Trinajstić information content (AvgIpc) is 2.22. The molecule has 1 aromatic carbocycles. The van der Waals surface area contributed by atoms with Crippen LogP contribution in [0.15, 0.2) is 18.2 Å². The molecule has 0 aliphatic carbocycles. The van der Waals surface area contributed by atoms with Crippen molar-refractivity contribution < 1.29 is 14.6 Å². The number of carbonyl (C=O) groups is 1. The second-order valence-electron chi connectivity index (χ2n) is 3.43. The third kappa shape index (κ3) is 2.62. The molecule has 1 aromatic rings. The third-order valence-electron chi connectivity index (χ3n) is 2.24. The quantitative estimate of drug-likeness (QED) is 0.453. The Morgan fingerprint density at radius 2 is 2.27 bits per heavy atom. The van der Waals surface area contributed by atoms with Gasteiger partial charge in [-0.05, 0) is 18.6 Å². The number of phenolic OH excluding ortho intramolecular Hbond substituents is 1. The van der Waals surface area contributed by atoms with Crippen molar-refractivity contribution in [2.75, 3.05) is 5.73 Å². The van der Waals surface area contributed by atoms with E-state index in [1.165, 1.54) is 6.07 Å². The van der Waals surface area contributed by atoms with Gasteiger partial charge in [0.25, 0.3) is 0 Å². The summed E-state index contributed by atoms with van der Waals surface area (Å²) in [5.74, 6) is -0.663. The summed E-state index contributed by atoms with van der Waals surface area (Å²) in [6.07, 6.45) is 0.687. The van der Waals surface area contributed by atoms with Gasteiger partial charge in [0.1, 0.15) is 0 Å². The summed E-state index contributed by atoms with van der Waals surface area (Å²) >= 11 is 0. The number of esters is 1. The minimum Gasteiger partial charge on any atom is -0.504 e. The zero-order valence-corrected chi connectivity index (χ0v) is 8.86. The van der Waals surface area contributed by atoms with Gasteiger partial charge in [0.2, 0.25) is 0 Å². The molecule has 82 valence electrons. The first kappa shape index (κ1) is 11.4. The molecule has 1 rings (SSSR count). The summed E-state index contributed by atoms with van der Waals surface area (Å²) in [6.45, 7) is 3.65. The largest absolute Gasteiger partial charge is 0.504 e. The number of aromatic hydroxyl groups is 1. The van der Waals surface area contributed by atoms with E-state index in [0.29, 0.717) is 6.42 Å². The van der Waals surface area contributed by atoms with Crippen molar-refractivity contribution in [2.45, 2.75) is 20.3 Å². The summed E-state index contributed by atoms with van der Waals surface area (Å²) in [5, 5.41) is 9.44. The monoisotopic (exact) mass is 209 g/mol. The van der Waals surface area contributed by atoms with E-state index in [1.807, 2.05) is 6.92 Å². The standard InChI is InChI=1S/C11H15NO3/c1-3-7(2)11(14)15-10-8(12)5-4-6-9(10)13/h4-7,13H,3,12H2,1-2H3/t7-/m0/s1. The fourth-order valence-corrected chi connectivity index (χ4v) is 1.02. The van der Waals surface area contributed by atoms with Gasteiger partial charge in [-0.25, -0.2) is 0 Å². The van der Waals surface area contributed by atoms with Crippen molar-refractivity contribution in [3.8, 4) is 11.5 Å². The summed E-state index contributed by atoms with van der Waals surface area (Å²) in [4.78, 5) is 11.5. The number of nitrogen functional groups attached to an aromatic ring is 1. The molecule has 0 fully saturated rings. The number of anilines is 1. The van der Waals surface area contributed by atoms with Crippen molar-refractivity contribution in [1.82, 2.24) is 0 Å². The molecule has 15 heavy (non-hydrogen) atoms. The molecule has 1 atom stereocenters. The predicted octanol–water partition coefficient (Wildman–Crippen LogP) is 1.93. The van der Waals surface area contributed by atoms with E-state index in [0.717, 1.165) is 0 Å². The molecule has 0 aromatic heterocycles. The molecule has 0 saturated heterocycles. The van der Waals surface area contributed by atoms with Gasteiger partial charge in [-0.2, -0.15) is 0 Å². The predicted molar refractivity (Wildman–Crippen MR) is 57.6 cm³/mol. The van der Waals surface area contributed by atoms with E-state index >= 15 is 0 Å².